The van der Waals surface area contributed by atoms with Gasteiger partial charge >= 0.3 is 0 Å². The van der Waals surface area contributed by atoms with Crippen molar-refractivity contribution in [3.63, 3.8) is 0 Å². The van der Waals surface area contributed by atoms with E-state index < -0.39 is 11.7 Å². The van der Waals surface area contributed by atoms with Crippen LogP contribution in [0.4, 0.5) is 0 Å². The average Bonchev–Trinajstić information content (AvgIpc) is 2.58. The highest BCUT2D eigenvalue weighted by atomic mass is 16.5. The average molecular weight is 320 g/mol. The fourth-order valence-electron chi connectivity index (χ4n) is 3.30. The number of carbonyl (C=O) groups is 1. The van der Waals surface area contributed by atoms with Gasteiger partial charge in [0.15, 0.2) is 0 Å². The summed E-state index contributed by atoms with van der Waals surface area (Å²) in [6, 6.07) is 9.06. The smallest absolute Gasteiger partial charge is 0.253 e. The number of hydrogen-bond acceptors (Lipinski definition) is 5. The Kier molecular flexibility index (Phi) is 4.96. The van der Waals surface area contributed by atoms with Gasteiger partial charge in [-0.15, -0.1) is 0 Å². The maximum absolute atomic E-state index is 12.6. The molecule has 0 saturated carbocycles. The van der Waals surface area contributed by atoms with E-state index in [0.29, 0.717) is 38.3 Å². The lowest BCUT2D eigenvalue weighted by molar-refractivity contribution is -0.133. The second-order valence-electron chi connectivity index (χ2n) is 6.39. The quantitative estimate of drug-likeness (QED) is 0.817. The number of likely N-dealkylation sites (tertiary alicyclic amines) is 1. The van der Waals surface area contributed by atoms with Gasteiger partial charge in [0.25, 0.3) is 5.91 Å². The monoisotopic (exact) mass is 320 g/mol. The highest BCUT2D eigenvalue weighted by Crippen LogP contribution is 2.25. The van der Waals surface area contributed by atoms with Crippen LogP contribution in [0, 0.1) is 0 Å². The van der Waals surface area contributed by atoms with Crippen molar-refractivity contribution in [2.75, 3.05) is 45.9 Å². The number of amides is 1. The van der Waals surface area contributed by atoms with Gasteiger partial charge in [-0.2, -0.15) is 0 Å². The van der Waals surface area contributed by atoms with Crippen molar-refractivity contribution < 1.29 is 19.7 Å². The molecule has 1 aromatic carbocycles. The third kappa shape index (κ3) is 3.72. The summed E-state index contributed by atoms with van der Waals surface area (Å²) in [6.45, 7) is 3.72. The van der Waals surface area contributed by atoms with Crippen molar-refractivity contribution in [2.24, 2.45) is 0 Å². The van der Waals surface area contributed by atoms with E-state index in [2.05, 4.69) is 4.90 Å². The van der Waals surface area contributed by atoms with Crippen LogP contribution in [0.25, 0.3) is 0 Å². The Labute approximate surface area is 136 Å². The van der Waals surface area contributed by atoms with Gasteiger partial charge in [0.1, 0.15) is 5.60 Å². The minimum Gasteiger partial charge on any atom is -0.390 e. The zero-order valence-corrected chi connectivity index (χ0v) is 13.2. The van der Waals surface area contributed by atoms with Crippen LogP contribution >= 0.6 is 0 Å². The first-order valence-electron chi connectivity index (χ1n) is 8.13. The molecule has 2 N–H and O–H groups in total. The summed E-state index contributed by atoms with van der Waals surface area (Å²) >= 11 is 0. The van der Waals surface area contributed by atoms with Crippen LogP contribution in [0.3, 0.4) is 0 Å². The van der Waals surface area contributed by atoms with E-state index in [1.807, 2.05) is 18.2 Å². The molecule has 23 heavy (non-hydrogen) atoms. The van der Waals surface area contributed by atoms with Crippen molar-refractivity contribution in [2.45, 2.75) is 18.1 Å². The van der Waals surface area contributed by atoms with Crippen molar-refractivity contribution in [3.05, 3.63) is 35.9 Å². The number of rotatable bonds is 3. The van der Waals surface area contributed by atoms with Crippen LogP contribution in [-0.4, -0.2) is 83.6 Å². The second-order valence-corrected chi connectivity index (χ2v) is 6.39. The van der Waals surface area contributed by atoms with Crippen molar-refractivity contribution in [1.29, 1.82) is 0 Å². The normalized spacial score (nSPS) is 29.5. The molecule has 126 valence electrons. The predicted molar refractivity (Wildman–Crippen MR) is 85.2 cm³/mol. The van der Waals surface area contributed by atoms with Gasteiger partial charge in [0, 0.05) is 31.7 Å². The standard InChI is InChI=1S/C17H24N2O4/c20-15-6-7-19(16(21)14-4-2-1-3-5-14)13-17(15,22)12-18-8-10-23-11-9-18/h1-5,15,20,22H,6-13H2/t15-,17+/m0/s1. The summed E-state index contributed by atoms with van der Waals surface area (Å²) in [7, 11) is 0. The number of nitrogens with zero attached hydrogens (tertiary/aromatic N) is 2. The van der Waals surface area contributed by atoms with Crippen LogP contribution in [0.15, 0.2) is 30.3 Å². The molecule has 6 heteroatoms. The molecule has 0 aliphatic carbocycles. The topological polar surface area (TPSA) is 73.2 Å². The zero-order valence-electron chi connectivity index (χ0n) is 13.2. The summed E-state index contributed by atoms with van der Waals surface area (Å²) in [4.78, 5) is 16.3. The predicted octanol–water partition coefficient (Wildman–Crippen LogP) is -0.0433. The molecule has 0 bridgehead atoms. The fraction of sp³-hybridized carbons (Fsp3) is 0.588. The van der Waals surface area contributed by atoms with Crippen LogP contribution < -0.4 is 0 Å². The largest absolute Gasteiger partial charge is 0.390 e. The molecular weight excluding hydrogens is 296 g/mol. The summed E-state index contributed by atoms with van der Waals surface area (Å²) < 4.78 is 5.32. The Morgan fingerprint density at radius 1 is 1.22 bits per heavy atom. The third-order valence-electron chi connectivity index (χ3n) is 4.67. The van der Waals surface area contributed by atoms with E-state index in [0.717, 1.165) is 13.1 Å². The molecule has 2 heterocycles. The first-order valence-corrected chi connectivity index (χ1v) is 8.13. The number of aliphatic hydroxyl groups is 2. The van der Waals surface area contributed by atoms with Gasteiger partial charge in [-0.05, 0) is 18.6 Å². The Bertz CT molecular complexity index is 533. The van der Waals surface area contributed by atoms with Gasteiger partial charge in [0.05, 0.1) is 25.9 Å². The lowest BCUT2D eigenvalue weighted by Crippen LogP contribution is -2.63. The molecule has 2 aliphatic rings. The number of benzene rings is 1. The maximum Gasteiger partial charge on any atom is 0.253 e. The van der Waals surface area contributed by atoms with E-state index >= 15 is 0 Å². The molecular formula is C17H24N2O4. The summed E-state index contributed by atoms with van der Waals surface area (Å²) in [5.74, 6) is -0.0992. The molecule has 1 aromatic rings. The molecule has 2 aliphatic heterocycles. The number of piperidine rings is 1. The lowest BCUT2D eigenvalue weighted by Gasteiger charge is -2.45. The first kappa shape index (κ1) is 16.4. The minimum atomic E-state index is -1.29. The van der Waals surface area contributed by atoms with E-state index in [1.165, 1.54) is 0 Å². The van der Waals surface area contributed by atoms with Crippen LogP contribution in [0.2, 0.25) is 0 Å². The van der Waals surface area contributed by atoms with Gasteiger partial charge in [0.2, 0.25) is 0 Å². The molecule has 1 amide bonds. The molecule has 3 rings (SSSR count). The van der Waals surface area contributed by atoms with Gasteiger partial charge in [-0.1, -0.05) is 18.2 Å². The number of β-amino-alcohol motifs (C(OH)–C–C–N with tert-alkyl or cyclic N) is 1. The van der Waals surface area contributed by atoms with Crippen molar-refractivity contribution in [3.8, 4) is 0 Å². The number of aliphatic hydroxyl groups excluding tert-OH is 1. The highest BCUT2D eigenvalue weighted by Gasteiger charge is 2.43. The first-order chi connectivity index (χ1) is 11.1. The molecule has 6 nitrogen and oxygen atoms in total. The van der Waals surface area contributed by atoms with E-state index in [9.17, 15) is 15.0 Å². The van der Waals surface area contributed by atoms with Crippen LogP contribution in [-0.2, 0) is 4.74 Å². The van der Waals surface area contributed by atoms with Gasteiger partial charge in [-0.25, -0.2) is 0 Å². The molecule has 2 fully saturated rings. The molecule has 0 radical (unpaired) electrons. The molecule has 0 unspecified atom stereocenters. The van der Waals surface area contributed by atoms with Gasteiger partial charge in [-0.3, -0.25) is 9.69 Å². The van der Waals surface area contributed by atoms with E-state index in [1.54, 1.807) is 17.0 Å². The molecule has 0 spiro atoms. The number of ether oxygens (including phenoxy) is 1. The number of carbonyl (C=O) groups excluding carboxylic acids is 1. The summed E-state index contributed by atoms with van der Waals surface area (Å²) in [6.07, 6.45) is -0.426. The van der Waals surface area contributed by atoms with Crippen molar-refractivity contribution >= 4 is 5.91 Å². The fourth-order valence-corrected chi connectivity index (χ4v) is 3.30. The molecule has 2 atom stereocenters. The van der Waals surface area contributed by atoms with Crippen LogP contribution in [0.1, 0.15) is 16.8 Å². The summed E-state index contributed by atoms with van der Waals surface area (Å²) in [5.41, 5.74) is -0.683. The molecule has 2 saturated heterocycles. The zero-order chi connectivity index (χ0) is 16.3. The van der Waals surface area contributed by atoms with Gasteiger partial charge < -0.3 is 19.8 Å². The maximum atomic E-state index is 12.6. The van der Waals surface area contributed by atoms with Crippen molar-refractivity contribution in [1.82, 2.24) is 9.80 Å². The van der Waals surface area contributed by atoms with E-state index in [4.69, 9.17) is 4.74 Å². The number of morpholine rings is 1. The Balaban J connectivity index is 1.69. The number of hydrogen-bond donors (Lipinski definition) is 2. The Morgan fingerprint density at radius 3 is 2.61 bits per heavy atom. The minimum absolute atomic E-state index is 0.0992. The molecule has 0 aromatic heterocycles. The lowest BCUT2D eigenvalue weighted by atomic mass is 9.88. The van der Waals surface area contributed by atoms with E-state index in [-0.39, 0.29) is 12.5 Å². The highest BCUT2D eigenvalue weighted by molar-refractivity contribution is 5.94. The third-order valence-corrected chi connectivity index (χ3v) is 4.67. The Hall–Kier alpha value is -1.47. The Morgan fingerprint density at radius 2 is 1.91 bits per heavy atom. The second kappa shape index (κ2) is 6.97. The SMILES string of the molecule is O=C(c1ccccc1)N1CC[C@H](O)[C@@](O)(CN2CCOCC2)C1. The van der Waals surface area contributed by atoms with Crippen LogP contribution in [0.5, 0.6) is 0 Å². The summed E-state index contributed by atoms with van der Waals surface area (Å²) in [5, 5.41) is 21.2.